The summed E-state index contributed by atoms with van der Waals surface area (Å²) in [6.45, 7) is 2.34. The number of ether oxygens (including phenoxy) is 2. The summed E-state index contributed by atoms with van der Waals surface area (Å²) in [5.74, 6) is -2.22. The van der Waals surface area contributed by atoms with Gasteiger partial charge in [-0.1, -0.05) is 0 Å². The van der Waals surface area contributed by atoms with Crippen LogP contribution in [0, 0.1) is 13.8 Å². The number of esters is 2. The van der Waals surface area contributed by atoms with Gasteiger partial charge in [-0.15, -0.1) is 11.3 Å². The maximum absolute atomic E-state index is 12.7. The SMILES string of the molecule is COC(=O)c1sc(NC(=O)Cn2nc(C(F)(F)F)cc2C)c(C(=O)OC)c1C. The number of halogens is 3. The number of carbonyl (C=O) groups is 3. The quantitative estimate of drug-likeness (QED) is 0.749. The Kier molecular flexibility index (Phi) is 6.12. The minimum atomic E-state index is -4.63. The van der Waals surface area contributed by atoms with Crippen LogP contribution in [0.25, 0.3) is 0 Å². The molecule has 8 nitrogen and oxygen atoms in total. The number of rotatable bonds is 5. The van der Waals surface area contributed by atoms with Gasteiger partial charge >= 0.3 is 18.1 Å². The fourth-order valence-electron chi connectivity index (χ4n) is 2.35. The first-order valence-electron chi connectivity index (χ1n) is 7.71. The van der Waals surface area contributed by atoms with Crippen LogP contribution in [0.1, 0.15) is 37.0 Å². The van der Waals surface area contributed by atoms with E-state index in [1.54, 1.807) is 0 Å². The zero-order valence-corrected chi connectivity index (χ0v) is 16.1. The molecule has 0 bridgehead atoms. The zero-order valence-electron chi connectivity index (χ0n) is 15.3. The molecule has 0 atom stereocenters. The summed E-state index contributed by atoms with van der Waals surface area (Å²) in [4.78, 5) is 36.2. The average Bonchev–Trinajstić information content (AvgIpc) is 3.14. The van der Waals surface area contributed by atoms with E-state index < -0.39 is 36.3 Å². The third-order valence-electron chi connectivity index (χ3n) is 3.73. The predicted molar refractivity (Wildman–Crippen MR) is 92.3 cm³/mol. The van der Waals surface area contributed by atoms with Crippen molar-refractivity contribution in [1.82, 2.24) is 9.78 Å². The lowest BCUT2D eigenvalue weighted by Crippen LogP contribution is -2.21. The highest BCUT2D eigenvalue weighted by Crippen LogP contribution is 2.34. The second kappa shape index (κ2) is 8.00. The van der Waals surface area contributed by atoms with Crippen LogP contribution in [0.5, 0.6) is 0 Å². The van der Waals surface area contributed by atoms with Crippen molar-refractivity contribution in [2.75, 3.05) is 19.5 Å². The standard InChI is InChI=1S/C16H16F3N3O5S/c1-7-5-9(16(17,18)19)21-22(7)6-10(23)20-13-11(14(24)26-3)8(2)12(28-13)15(25)27-4/h5H,6H2,1-4H3,(H,20,23). The van der Waals surface area contributed by atoms with Crippen LogP contribution in [0.4, 0.5) is 18.2 Å². The van der Waals surface area contributed by atoms with Crippen LogP contribution in [0.2, 0.25) is 0 Å². The third kappa shape index (κ3) is 4.32. The van der Waals surface area contributed by atoms with Crippen LogP contribution in [-0.2, 0) is 27.0 Å². The lowest BCUT2D eigenvalue weighted by Gasteiger charge is -2.07. The van der Waals surface area contributed by atoms with E-state index in [4.69, 9.17) is 0 Å². The Hall–Kier alpha value is -2.89. The van der Waals surface area contributed by atoms with E-state index in [9.17, 15) is 27.6 Å². The molecule has 2 aromatic rings. The Morgan fingerprint density at radius 3 is 2.29 bits per heavy atom. The monoisotopic (exact) mass is 419 g/mol. The summed E-state index contributed by atoms with van der Waals surface area (Å²) >= 11 is 0.798. The van der Waals surface area contributed by atoms with Crippen molar-refractivity contribution in [1.29, 1.82) is 0 Å². The molecule has 0 saturated carbocycles. The van der Waals surface area contributed by atoms with Crippen LogP contribution in [0.3, 0.4) is 0 Å². The number of hydrogen-bond donors (Lipinski definition) is 1. The number of carbonyl (C=O) groups excluding carboxylic acids is 3. The van der Waals surface area contributed by atoms with E-state index in [2.05, 4.69) is 19.9 Å². The second-order valence-corrected chi connectivity index (χ2v) is 6.64. The molecule has 0 unspecified atom stereocenters. The number of nitrogens with zero attached hydrogens (tertiary/aromatic N) is 2. The number of aromatic nitrogens is 2. The fraction of sp³-hybridized carbons (Fsp3) is 0.375. The molecule has 28 heavy (non-hydrogen) atoms. The van der Waals surface area contributed by atoms with E-state index in [0.29, 0.717) is 0 Å². The van der Waals surface area contributed by atoms with Crippen LogP contribution in [-0.4, -0.2) is 41.8 Å². The minimum Gasteiger partial charge on any atom is -0.465 e. The molecule has 0 aliphatic carbocycles. The van der Waals surface area contributed by atoms with Gasteiger partial charge in [-0.05, 0) is 25.5 Å². The molecule has 12 heteroatoms. The molecule has 1 N–H and O–H groups in total. The Balaban J connectivity index is 2.30. The minimum absolute atomic E-state index is 0.0237. The van der Waals surface area contributed by atoms with Gasteiger partial charge in [0.05, 0.1) is 19.8 Å². The number of alkyl halides is 3. The molecule has 1 amide bonds. The molecule has 0 aliphatic heterocycles. The Bertz CT molecular complexity index is 933. The van der Waals surface area contributed by atoms with E-state index in [-0.39, 0.29) is 26.7 Å². The summed E-state index contributed by atoms with van der Waals surface area (Å²) in [5, 5.41) is 5.81. The van der Waals surface area contributed by atoms with Crippen molar-refractivity contribution in [2.24, 2.45) is 0 Å². The van der Waals surface area contributed by atoms with Gasteiger partial charge in [0.15, 0.2) is 5.69 Å². The third-order valence-corrected chi connectivity index (χ3v) is 4.91. The second-order valence-electron chi connectivity index (χ2n) is 5.62. The van der Waals surface area contributed by atoms with Crippen molar-refractivity contribution in [3.8, 4) is 0 Å². The Morgan fingerprint density at radius 1 is 1.18 bits per heavy atom. The van der Waals surface area contributed by atoms with Gasteiger partial charge in [0.25, 0.3) is 0 Å². The molecule has 0 saturated heterocycles. The number of nitrogens with one attached hydrogen (secondary N) is 1. The summed E-state index contributed by atoms with van der Waals surface area (Å²) in [5.41, 5.74) is -0.760. The molecular weight excluding hydrogens is 403 g/mol. The van der Waals surface area contributed by atoms with Gasteiger partial charge < -0.3 is 14.8 Å². The first kappa shape index (κ1) is 21.4. The van der Waals surface area contributed by atoms with Crippen molar-refractivity contribution in [3.63, 3.8) is 0 Å². The van der Waals surface area contributed by atoms with Crippen molar-refractivity contribution in [2.45, 2.75) is 26.6 Å². The van der Waals surface area contributed by atoms with Crippen LogP contribution in [0.15, 0.2) is 6.07 Å². The largest absolute Gasteiger partial charge is 0.465 e. The fourth-order valence-corrected chi connectivity index (χ4v) is 3.48. The summed E-state index contributed by atoms with van der Waals surface area (Å²) in [7, 11) is 2.30. The van der Waals surface area contributed by atoms with Gasteiger partial charge in [-0.2, -0.15) is 18.3 Å². The average molecular weight is 419 g/mol. The van der Waals surface area contributed by atoms with Gasteiger partial charge in [0.2, 0.25) is 5.91 Å². The zero-order chi connectivity index (χ0) is 21.2. The lowest BCUT2D eigenvalue weighted by molar-refractivity contribution is -0.141. The molecule has 0 aromatic carbocycles. The number of amides is 1. The highest BCUT2D eigenvalue weighted by molar-refractivity contribution is 7.18. The number of hydrogen-bond acceptors (Lipinski definition) is 7. The van der Waals surface area contributed by atoms with E-state index >= 15 is 0 Å². The smallest absolute Gasteiger partial charge is 0.435 e. The van der Waals surface area contributed by atoms with Gasteiger partial charge in [-0.3, -0.25) is 9.48 Å². The molecule has 2 aromatic heterocycles. The molecule has 0 aliphatic rings. The highest BCUT2D eigenvalue weighted by atomic mass is 32.1. The summed E-state index contributed by atoms with van der Waals surface area (Å²) in [6.07, 6.45) is -4.63. The first-order valence-corrected chi connectivity index (χ1v) is 8.52. The summed E-state index contributed by atoms with van der Waals surface area (Å²) < 4.78 is 48.4. The van der Waals surface area contributed by atoms with Gasteiger partial charge in [0, 0.05) is 5.69 Å². The summed E-state index contributed by atoms with van der Waals surface area (Å²) in [6, 6.07) is 0.817. The number of methoxy groups -OCH3 is 2. The maximum atomic E-state index is 12.7. The van der Waals surface area contributed by atoms with E-state index in [0.717, 1.165) is 36.3 Å². The Morgan fingerprint density at radius 2 is 1.79 bits per heavy atom. The normalized spacial score (nSPS) is 11.2. The molecule has 2 heterocycles. The van der Waals surface area contributed by atoms with Crippen LogP contribution >= 0.6 is 11.3 Å². The topological polar surface area (TPSA) is 99.5 Å². The highest BCUT2D eigenvalue weighted by Gasteiger charge is 2.34. The first-order chi connectivity index (χ1) is 13.0. The van der Waals surface area contributed by atoms with Crippen molar-refractivity contribution < 1.29 is 37.0 Å². The van der Waals surface area contributed by atoms with Gasteiger partial charge in [-0.25, -0.2) is 9.59 Å². The van der Waals surface area contributed by atoms with Crippen molar-refractivity contribution >= 4 is 34.2 Å². The lowest BCUT2D eigenvalue weighted by atomic mass is 10.1. The number of thiophene rings is 1. The Labute approximate surface area is 161 Å². The number of aryl methyl sites for hydroxylation is 1. The van der Waals surface area contributed by atoms with E-state index in [1.807, 2.05) is 0 Å². The molecule has 0 fully saturated rings. The van der Waals surface area contributed by atoms with E-state index in [1.165, 1.54) is 13.8 Å². The molecule has 0 spiro atoms. The van der Waals surface area contributed by atoms with Gasteiger partial charge in [0.1, 0.15) is 16.4 Å². The molecule has 2 rings (SSSR count). The molecule has 152 valence electrons. The number of anilines is 1. The predicted octanol–water partition coefficient (Wildman–Crippen LogP) is 2.79. The maximum Gasteiger partial charge on any atom is 0.435 e. The van der Waals surface area contributed by atoms with Crippen LogP contribution < -0.4 is 5.32 Å². The molecular formula is C16H16F3N3O5S. The molecule has 0 radical (unpaired) electrons. The van der Waals surface area contributed by atoms with Crippen molar-refractivity contribution in [3.05, 3.63) is 33.5 Å².